The van der Waals surface area contributed by atoms with E-state index in [4.69, 9.17) is 10.7 Å². The smallest absolute Gasteiger partial charge is 0.398 e. The molecule has 184 valence electrons. The van der Waals surface area contributed by atoms with E-state index in [9.17, 15) is 18.0 Å². The Kier molecular flexibility index (Phi) is 6.27. The van der Waals surface area contributed by atoms with Gasteiger partial charge in [0.25, 0.3) is 0 Å². The van der Waals surface area contributed by atoms with Crippen LogP contribution < -0.4 is 11.4 Å². The molecule has 0 aliphatic carbocycles. The minimum absolute atomic E-state index is 0.0851. The molecule has 1 aromatic carbocycles. The molecule has 1 aliphatic rings. The quantitative estimate of drug-likeness (QED) is 0.543. The van der Waals surface area contributed by atoms with Crippen molar-refractivity contribution in [3.63, 3.8) is 0 Å². The van der Waals surface area contributed by atoms with Crippen molar-refractivity contribution in [2.24, 2.45) is 12.5 Å². The fourth-order valence-electron chi connectivity index (χ4n) is 4.76. The Labute approximate surface area is 197 Å². The van der Waals surface area contributed by atoms with Gasteiger partial charge in [0.2, 0.25) is 0 Å². The van der Waals surface area contributed by atoms with Crippen molar-refractivity contribution in [1.82, 2.24) is 19.0 Å². The zero-order valence-corrected chi connectivity index (χ0v) is 20.1. The number of nitrogens with two attached hydrogens (primary N) is 1. The number of likely N-dealkylation sites (tertiary alicyclic amines) is 1. The Bertz CT molecular complexity index is 1250. The minimum atomic E-state index is -4.24. The van der Waals surface area contributed by atoms with E-state index >= 15 is 0 Å². The molecular formula is C25H32F3N5O. The Morgan fingerprint density at radius 2 is 1.85 bits per heavy atom. The zero-order valence-electron chi connectivity index (χ0n) is 20.1. The van der Waals surface area contributed by atoms with Crippen LogP contribution in [0.1, 0.15) is 45.6 Å². The van der Waals surface area contributed by atoms with Crippen LogP contribution in [-0.2, 0) is 20.1 Å². The topological polar surface area (TPSA) is 69.1 Å². The third-order valence-electron chi connectivity index (χ3n) is 6.38. The van der Waals surface area contributed by atoms with Crippen molar-refractivity contribution in [2.75, 3.05) is 12.3 Å². The molecule has 1 atom stereocenters. The summed E-state index contributed by atoms with van der Waals surface area (Å²) < 4.78 is 43.8. The van der Waals surface area contributed by atoms with Crippen molar-refractivity contribution in [2.45, 2.75) is 65.3 Å². The molecule has 2 N–H and O–H groups in total. The highest BCUT2D eigenvalue weighted by Crippen LogP contribution is 2.34. The Balaban J connectivity index is 1.70. The number of imidazole rings is 1. The third-order valence-corrected chi connectivity index (χ3v) is 6.38. The lowest BCUT2D eigenvalue weighted by atomic mass is 9.97. The normalized spacial score (nSPS) is 18.0. The number of pyridine rings is 1. The van der Waals surface area contributed by atoms with Gasteiger partial charge in [0.1, 0.15) is 6.04 Å². The third kappa shape index (κ3) is 4.85. The van der Waals surface area contributed by atoms with E-state index in [0.717, 1.165) is 17.5 Å². The number of aryl methyl sites for hydroxylation is 1. The van der Waals surface area contributed by atoms with Gasteiger partial charge < -0.3 is 5.73 Å². The molecule has 0 bridgehead atoms. The van der Waals surface area contributed by atoms with Crippen LogP contribution in [0.15, 0.2) is 35.1 Å². The summed E-state index contributed by atoms with van der Waals surface area (Å²) in [5, 5.41) is 0. The van der Waals surface area contributed by atoms with Crippen LogP contribution in [0.3, 0.4) is 0 Å². The summed E-state index contributed by atoms with van der Waals surface area (Å²) in [6.07, 6.45) is -2.77. The summed E-state index contributed by atoms with van der Waals surface area (Å²) in [5.74, 6) is 0. The highest BCUT2D eigenvalue weighted by molar-refractivity contribution is 5.80. The summed E-state index contributed by atoms with van der Waals surface area (Å²) in [7, 11) is 1.69. The molecule has 1 saturated heterocycles. The van der Waals surface area contributed by atoms with E-state index < -0.39 is 12.2 Å². The van der Waals surface area contributed by atoms with Gasteiger partial charge in [-0.2, -0.15) is 13.2 Å². The lowest BCUT2D eigenvalue weighted by Crippen LogP contribution is -2.48. The lowest BCUT2D eigenvalue weighted by molar-refractivity contribution is -0.192. The van der Waals surface area contributed by atoms with Gasteiger partial charge in [-0.15, -0.1) is 0 Å². The summed E-state index contributed by atoms with van der Waals surface area (Å²) in [4.78, 5) is 19.1. The maximum atomic E-state index is 13.5. The summed E-state index contributed by atoms with van der Waals surface area (Å²) in [5.41, 5.74) is 9.78. The molecular weight excluding hydrogens is 443 g/mol. The second-order valence-electron chi connectivity index (χ2n) is 10.5. The lowest BCUT2D eigenvalue weighted by Gasteiger charge is -2.36. The maximum Gasteiger partial charge on any atom is 0.404 e. The summed E-state index contributed by atoms with van der Waals surface area (Å²) in [6.45, 7) is 7.36. The van der Waals surface area contributed by atoms with Gasteiger partial charge in [-0.25, -0.2) is 9.78 Å². The SMILES string of the molecule is Cn1c(=O)n(CC(C)(C)C)c2ccc(-c3cc(CN4CCCCC4C(F)(F)F)ccc3N)nc21. The van der Waals surface area contributed by atoms with Crippen LogP contribution in [-0.4, -0.2) is 37.8 Å². The van der Waals surface area contributed by atoms with Crippen LogP contribution in [0.25, 0.3) is 22.4 Å². The number of fused-ring (bicyclic) bond motifs is 1. The van der Waals surface area contributed by atoms with Gasteiger partial charge in [0.15, 0.2) is 5.65 Å². The van der Waals surface area contributed by atoms with Crippen molar-refractivity contribution < 1.29 is 13.2 Å². The average Bonchev–Trinajstić information content (AvgIpc) is 2.98. The van der Waals surface area contributed by atoms with Gasteiger partial charge in [-0.1, -0.05) is 33.3 Å². The summed E-state index contributed by atoms with van der Waals surface area (Å²) >= 11 is 0. The fourth-order valence-corrected chi connectivity index (χ4v) is 4.76. The van der Waals surface area contributed by atoms with Crippen LogP contribution in [0.2, 0.25) is 0 Å². The van der Waals surface area contributed by atoms with Crippen LogP contribution in [0, 0.1) is 5.41 Å². The van der Waals surface area contributed by atoms with Crippen molar-refractivity contribution in [3.05, 3.63) is 46.4 Å². The molecule has 2 aromatic heterocycles. The molecule has 1 aliphatic heterocycles. The molecule has 9 heteroatoms. The molecule has 3 aromatic rings. The number of anilines is 1. The molecule has 1 fully saturated rings. The van der Waals surface area contributed by atoms with E-state index in [1.54, 1.807) is 23.7 Å². The molecule has 0 spiro atoms. The number of nitrogen functional groups attached to an aromatic ring is 1. The Morgan fingerprint density at radius 1 is 1.12 bits per heavy atom. The fraction of sp³-hybridized carbons (Fsp3) is 0.520. The highest BCUT2D eigenvalue weighted by atomic mass is 19.4. The van der Waals surface area contributed by atoms with Gasteiger partial charge in [0, 0.05) is 31.4 Å². The number of piperidine rings is 1. The molecule has 0 saturated carbocycles. The first-order valence-corrected chi connectivity index (χ1v) is 11.6. The van der Waals surface area contributed by atoms with E-state index in [1.807, 2.05) is 18.2 Å². The number of hydrogen-bond donors (Lipinski definition) is 1. The Morgan fingerprint density at radius 3 is 2.53 bits per heavy atom. The van der Waals surface area contributed by atoms with Crippen LogP contribution in [0.4, 0.5) is 18.9 Å². The molecule has 0 radical (unpaired) electrons. The predicted octanol–water partition coefficient (Wildman–Crippen LogP) is 4.95. The zero-order chi connectivity index (χ0) is 24.8. The van der Waals surface area contributed by atoms with E-state index in [2.05, 4.69) is 20.8 Å². The molecule has 1 unspecified atom stereocenters. The van der Waals surface area contributed by atoms with Gasteiger partial charge in [-0.05, 0) is 54.6 Å². The van der Waals surface area contributed by atoms with Gasteiger partial charge in [0.05, 0.1) is 11.2 Å². The first kappa shape index (κ1) is 24.3. The number of benzene rings is 1. The first-order chi connectivity index (χ1) is 15.8. The van der Waals surface area contributed by atoms with E-state index in [0.29, 0.717) is 42.1 Å². The average molecular weight is 476 g/mol. The number of halogens is 3. The monoisotopic (exact) mass is 475 g/mol. The summed E-state index contributed by atoms with van der Waals surface area (Å²) in [6, 6.07) is 7.56. The number of alkyl halides is 3. The number of rotatable bonds is 4. The standard InChI is InChI=1S/C25H32F3N5O/c1-24(2,3)15-33-20-11-10-19(30-22(20)31(4)23(33)34)17-13-16(8-9-18(17)29)14-32-12-6-5-7-21(32)25(26,27)28/h8-11,13,21H,5-7,12,14-15,29H2,1-4H3. The molecule has 0 amide bonds. The van der Waals surface area contributed by atoms with Crippen molar-refractivity contribution in [1.29, 1.82) is 0 Å². The van der Waals surface area contributed by atoms with Crippen LogP contribution in [0.5, 0.6) is 0 Å². The van der Waals surface area contributed by atoms with E-state index in [1.165, 1.54) is 9.47 Å². The number of hydrogen-bond acceptors (Lipinski definition) is 4. The molecule has 6 nitrogen and oxygen atoms in total. The highest BCUT2D eigenvalue weighted by Gasteiger charge is 2.44. The second-order valence-corrected chi connectivity index (χ2v) is 10.5. The minimum Gasteiger partial charge on any atom is -0.398 e. The molecule has 4 rings (SSSR count). The maximum absolute atomic E-state index is 13.5. The molecule has 3 heterocycles. The first-order valence-electron chi connectivity index (χ1n) is 11.6. The van der Waals surface area contributed by atoms with Crippen LogP contribution >= 0.6 is 0 Å². The van der Waals surface area contributed by atoms with Gasteiger partial charge in [-0.3, -0.25) is 14.0 Å². The van der Waals surface area contributed by atoms with Gasteiger partial charge >= 0.3 is 11.9 Å². The van der Waals surface area contributed by atoms with Crippen molar-refractivity contribution in [3.8, 4) is 11.3 Å². The van der Waals surface area contributed by atoms with Crippen molar-refractivity contribution >= 4 is 16.9 Å². The Hall–Kier alpha value is -2.81. The number of nitrogens with zero attached hydrogens (tertiary/aromatic N) is 4. The second kappa shape index (κ2) is 8.76. The largest absolute Gasteiger partial charge is 0.404 e. The van der Waals surface area contributed by atoms with E-state index in [-0.39, 0.29) is 24.1 Å². The number of aromatic nitrogens is 3. The molecule has 34 heavy (non-hydrogen) atoms. The predicted molar refractivity (Wildman–Crippen MR) is 128 cm³/mol.